The van der Waals surface area contributed by atoms with Crippen LogP contribution in [0.1, 0.15) is 31.4 Å². The number of nitrogens with zero attached hydrogens (tertiary/aromatic N) is 2. The predicted octanol–water partition coefficient (Wildman–Crippen LogP) is 2.79. The summed E-state index contributed by atoms with van der Waals surface area (Å²) in [7, 11) is 0. The van der Waals surface area contributed by atoms with Crippen LogP contribution in [0.25, 0.3) is 0 Å². The Morgan fingerprint density at radius 1 is 1.32 bits per heavy atom. The summed E-state index contributed by atoms with van der Waals surface area (Å²) in [4.78, 5) is 5.10. The molecule has 0 spiro atoms. The average molecular weight is 325 g/mol. The molecule has 0 aliphatic carbocycles. The fraction of sp³-hybridized carbons (Fsp3) is 0.600. The Morgan fingerprint density at radius 3 is 2.89 bits per heavy atom. The van der Waals surface area contributed by atoms with Crippen molar-refractivity contribution in [1.82, 2.24) is 4.90 Å². The first-order valence-electron chi connectivity index (χ1n) is 7.11. The van der Waals surface area contributed by atoms with Crippen LogP contribution in [0.3, 0.4) is 0 Å². The van der Waals surface area contributed by atoms with Gasteiger partial charge in [0.1, 0.15) is 0 Å². The highest BCUT2D eigenvalue weighted by Crippen LogP contribution is 2.30. The Labute approximate surface area is 123 Å². The Kier molecular flexibility index (Phi) is 3.83. The SMILES string of the molecule is C[C@H](O)c1ccc(N2CCN3CCCC3C2)cc1Br. The second kappa shape index (κ2) is 5.43. The molecule has 104 valence electrons. The third-order valence-corrected chi connectivity index (χ3v) is 5.07. The molecular weight excluding hydrogens is 304 g/mol. The van der Waals surface area contributed by atoms with Crippen LogP contribution < -0.4 is 4.90 Å². The van der Waals surface area contributed by atoms with Crippen LogP contribution in [-0.4, -0.2) is 42.2 Å². The van der Waals surface area contributed by atoms with E-state index < -0.39 is 6.10 Å². The van der Waals surface area contributed by atoms with Crippen molar-refractivity contribution >= 4 is 21.6 Å². The Balaban J connectivity index is 1.77. The highest BCUT2D eigenvalue weighted by atomic mass is 79.9. The molecule has 0 amide bonds. The summed E-state index contributed by atoms with van der Waals surface area (Å²) in [5, 5.41) is 9.68. The molecule has 3 rings (SSSR count). The zero-order valence-corrected chi connectivity index (χ0v) is 12.9. The molecule has 0 radical (unpaired) electrons. The summed E-state index contributed by atoms with van der Waals surface area (Å²) in [6.07, 6.45) is 2.27. The molecule has 1 aromatic rings. The van der Waals surface area contributed by atoms with Crippen LogP contribution in [0.4, 0.5) is 5.69 Å². The van der Waals surface area contributed by atoms with Crippen molar-refractivity contribution in [2.75, 3.05) is 31.1 Å². The number of benzene rings is 1. The Morgan fingerprint density at radius 2 is 2.16 bits per heavy atom. The number of aliphatic hydroxyl groups is 1. The van der Waals surface area contributed by atoms with E-state index in [1.807, 2.05) is 6.07 Å². The lowest BCUT2D eigenvalue weighted by Crippen LogP contribution is -2.50. The molecule has 19 heavy (non-hydrogen) atoms. The smallest absolute Gasteiger partial charge is 0.0772 e. The van der Waals surface area contributed by atoms with Gasteiger partial charge in [-0.05, 0) is 44.0 Å². The minimum absolute atomic E-state index is 0.421. The summed E-state index contributed by atoms with van der Waals surface area (Å²) in [6.45, 7) is 6.51. The first kappa shape index (κ1) is 13.4. The third kappa shape index (κ3) is 2.67. The molecular formula is C15H21BrN2O. The van der Waals surface area contributed by atoms with Gasteiger partial charge in [-0.25, -0.2) is 0 Å². The molecule has 0 bridgehead atoms. The minimum Gasteiger partial charge on any atom is -0.389 e. The number of hydrogen-bond donors (Lipinski definition) is 1. The highest BCUT2D eigenvalue weighted by molar-refractivity contribution is 9.10. The average Bonchev–Trinajstić information content (AvgIpc) is 2.85. The molecule has 2 saturated heterocycles. The van der Waals surface area contributed by atoms with Crippen molar-refractivity contribution in [2.45, 2.75) is 31.9 Å². The van der Waals surface area contributed by atoms with Gasteiger partial charge < -0.3 is 10.0 Å². The fourth-order valence-corrected chi connectivity index (χ4v) is 3.98. The maximum absolute atomic E-state index is 9.68. The molecule has 2 aliphatic heterocycles. The van der Waals surface area contributed by atoms with Gasteiger partial charge in [-0.1, -0.05) is 22.0 Å². The molecule has 2 fully saturated rings. The van der Waals surface area contributed by atoms with E-state index in [0.717, 1.165) is 29.2 Å². The zero-order chi connectivity index (χ0) is 13.4. The quantitative estimate of drug-likeness (QED) is 0.906. The van der Waals surface area contributed by atoms with E-state index in [-0.39, 0.29) is 0 Å². The number of halogens is 1. The maximum Gasteiger partial charge on any atom is 0.0772 e. The standard InChI is InChI=1S/C15H21BrN2O/c1-11(19)14-5-4-12(9-15(14)16)18-8-7-17-6-2-3-13(17)10-18/h4-5,9,11,13,19H,2-3,6-8,10H2,1H3/t11-,13?/m0/s1. The molecule has 2 heterocycles. The molecule has 3 nitrogen and oxygen atoms in total. The number of rotatable bonds is 2. The van der Waals surface area contributed by atoms with Gasteiger partial charge >= 0.3 is 0 Å². The topological polar surface area (TPSA) is 26.7 Å². The van der Waals surface area contributed by atoms with Crippen molar-refractivity contribution in [3.8, 4) is 0 Å². The molecule has 1 N–H and O–H groups in total. The number of hydrogen-bond acceptors (Lipinski definition) is 3. The lowest BCUT2D eigenvalue weighted by Gasteiger charge is -2.39. The fourth-order valence-electron chi connectivity index (χ4n) is 3.28. The number of anilines is 1. The van der Waals surface area contributed by atoms with Crippen LogP contribution >= 0.6 is 15.9 Å². The van der Waals surface area contributed by atoms with Gasteiger partial charge in [0.2, 0.25) is 0 Å². The third-order valence-electron chi connectivity index (χ3n) is 4.39. The summed E-state index contributed by atoms with van der Waals surface area (Å²) >= 11 is 3.57. The second-order valence-corrected chi connectivity index (χ2v) is 6.51. The summed E-state index contributed by atoms with van der Waals surface area (Å²) in [5.74, 6) is 0. The summed E-state index contributed by atoms with van der Waals surface area (Å²) in [5.41, 5.74) is 2.23. The Bertz CT molecular complexity index is 463. The van der Waals surface area contributed by atoms with Gasteiger partial charge in [-0.3, -0.25) is 4.90 Å². The zero-order valence-electron chi connectivity index (χ0n) is 11.3. The van der Waals surface area contributed by atoms with E-state index in [4.69, 9.17) is 0 Å². The van der Waals surface area contributed by atoms with Crippen LogP contribution in [0.5, 0.6) is 0 Å². The monoisotopic (exact) mass is 324 g/mol. The van der Waals surface area contributed by atoms with Gasteiger partial charge in [0.05, 0.1) is 6.10 Å². The lowest BCUT2D eigenvalue weighted by molar-refractivity contribution is 0.198. The largest absolute Gasteiger partial charge is 0.389 e. The van der Waals surface area contributed by atoms with E-state index in [2.05, 4.69) is 37.9 Å². The predicted molar refractivity (Wildman–Crippen MR) is 81.6 cm³/mol. The van der Waals surface area contributed by atoms with Gasteiger partial charge in [-0.15, -0.1) is 0 Å². The molecule has 2 atom stereocenters. The van der Waals surface area contributed by atoms with E-state index in [9.17, 15) is 5.11 Å². The van der Waals surface area contributed by atoms with Crippen molar-refractivity contribution < 1.29 is 5.11 Å². The lowest BCUT2D eigenvalue weighted by atomic mass is 10.1. The van der Waals surface area contributed by atoms with Crippen molar-refractivity contribution in [3.05, 3.63) is 28.2 Å². The maximum atomic E-state index is 9.68. The van der Waals surface area contributed by atoms with Crippen molar-refractivity contribution in [1.29, 1.82) is 0 Å². The Hall–Kier alpha value is -0.580. The van der Waals surface area contributed by atoms with Gasteiger partial charge in [0, 0.05) is 35.8 Å². The number of fused-ring (bicyclic) bond motifs is 1. The molecule has 4 heteroatoms. The van der Waals surface area contributed by atoms with Crippen molar-refractivity contribution in [3.63, 3.8) is 0 Å². The first-order chi connectivity index (χ1) is 9.15. The minimum atomic E-state index is -0.421. The first-order valence-corrected chi connectivity index (χ1v) is 7.91. The normalized spacial score (nSPS) is 25.4. The van der Waals surface area contributed by atoms with Crippen LogP contribution in [0.15, 0.2) is 22.7 Å². The van der Waals surface area contributed by atoms with Gasteiger partial charge in [0.15, 0.2) is 0 Å². The number of piperazine rings is 1. The van der Waals surface area contributed by atoms with E-state index >= 15 is 0 Å². The van der Waals surface area contributed by atoms with Gasteiger partial charge in [0.25, 0.3) is 0 Å². The van der Waals surface area contributed by atoms with Crippen LogP contribution in [0, 0.1) is 0 Å². The molecule has 2 aliphatic rings. The summed E-state index contributed by atoms with van der Waals surface area (Å²) in [6, 6.07) is 7.05. The van der Waals surface area contributed by atoms with E-state index in [1.54, 1.807) is 6.92 Å². The summed E-state index contributed by atoms with van der Waals surface area (Å²) < 4.78 is 1.01. The molecule has 0 aromatic heterocycles. The van der Waals surface area contributed by atoms with Crippen LogP contribution in [-0.2, 0) is 0 Å². The molecule has 1 aromatic carbocycles. The number of aliphatic hydroxyl groups excluding tert-OH is 1. The van der Waals surface area contributed by atoms with E-state index in [0.29, 0.717) is 0 Å². The van der Waals surface area contributed by atoms with E-state index in [1.165, 1.54) is 31.6 Å². The van der Waals surface area contributed by atoms with Crippen LogP contribution in [0.2, 0.25) is 0 Å². The van der Waals surface area contributed by atoms with Crippen molar-refractivity contribution in [2.24, 2.45) is 0 Å². The molecule has 0 saturated carbocycles. The van der Waals surface area contributed by atoms with Gasteiger partial charge in [-0.2, -0.15) is 0 Å². The highest BCUT2D eigenvalue weighted by Gasteiger charge is 2.30. The molecule has 1 unspecified atom stereocenters. The second-order valence-electron chi connectivity index (χ2n) is 5.66.